The summed E-state index contributed by atoms with van der Waals surface area (Å²) < 4.78 is 7.46. The van der Waals surface area contributed by atoms with Crippen molar-refractivity contribution in [2.75, 3.05) is 6.61 Å². The molecule has 6 nitrogen and oxygen atoms in total. The number of nitrogens with two attached hydrogens (primary N) is 1. The highest BCUT2D eigenvalue weighted by Crippen LogP contribution is 2.24. The minimum Gasteiger partial charge on any atom is -0.376 e. The molecule has 1 aliphatic rings. The van der Waals surface area contributed by atoms with E-state index >= 15 is 0 Å². The van der Waals surface area contributed by atoms with Gasteiger partial charge in [0.15, 0.2) is 5.16 Å². The van der Waals surface area contributed by atoms with Gasteiger partial charge in [-0.05, 0) is 42.7 Å². The van der Waals surface area contributed by atoms with E-state index in [9.17, 15) is 9.59 Å². The molecule has 0 bridgehead atoms. The van der Waals surface area contributed by atoms with Crippen LogP contribution in [0, 0.1) is 0 Å². The third-order valence-electron chi connectivity index (χ3n) is 4.82. The third kappa shape index (κ3) is 3.95. The van der Waals surface area contributed by atoms with Crippen LogP contribution in [0.2, 0.25) is 0 Å². The van der Waals surface area contributed by atoms with Crippen LogP contribution in [0.15, 0.2) is 58.5 Å². The minimum absolute atomic E-state index is 0.0400. The number of carbonyl (C=O) groups excluding carboxylic acids is 1. The maximum absolute atomic E-state index is 13.1. The van der Waals surface area contributed by atoms with Crippen molar-refractivity contribution in [3.8, 4) is 0 Å². The number of rotatable bonds is 6. The normalized spacial score (nSPS) is 16.5. The standard InChI is InChI=1S/C21H21N3O3S/c22-19(25)15-6-3-5-14(11-15)13-28-21-23-18-9-2-1-8-17(18)20(26)24(21)12-16-7-4-10-27-16/h1-3,5-6,8-9,11,16H,4,7,10,12-13H2,(H2,22,25)/t16-/m0/s1. The molecule has 1 aliphatic heterocycles. The van der Waals surface area contributed by atoms with Gasteiger partial charge in [0.1, 0.15) is 0 Å². The van der Waals surface area contributed by atoms with E-state index in [2.05, 4.69) is 0 Å². The summed E-state index contributed by atoms with van der Waals surface area (Å²) in [5.41, 5.74) is 7.43. The van der Waals surface area contributed by atoms with Gasteiger partial charge in [0, 0.05) is 17.9 Å². The fraction of sp³-hybridized carbons (Fsp3) is 0.286. The molecule has 0 spiro atoms. The number of para-hydroxylation sites is 1. The summed E-state index contributed by atoms with van der Waals surface area (Å²) in [4.78, 5) is 29.2. The van der Waals surface area contributed by atoms with Crippen molar-refractivity contribution in [1.82, 2.24) is 9.55 Å². The molecule has 2 heterocycles. The van der Waals surface area contributed by atoms with E-state index in [1.807, 2.05) is 30.3 Å². The van der Waals surface area contributed by atoms with Crippen molar-refractivity contribution in [2.24, 2.45) is 5.73 Å². The van der Waals surface area contributed by atoms with Gasteiger partial charge in [0.2, 0.25) is 5.91 Å². The lowest BCUT2D eigenvalue weighted by Gasteiger charge is -2.16. The number of hydrogen-bond donors (Lipinski definition) is 1. The van der Waals surface area contributed by atoms with Crippen molar-refractivity contribution in [2.45, 2.75) is 36.4 Å². The highest BCUT2D eigenvalue weighted by atomic mass is 32.2. The lowest BCUT2D eigenvalue weighted by molar-refractivity contribution is 0.0937. The Morgan fingerprint density at radius 2 is 2.11 bits per heavy atom. The Morgan fingerprint density at radius 3 is 2.89 bits per heavy atom. The third-order valence-corrected chi connectivity index (χ3v) is 5.86. The van der Waals surface area contributed by atoms with Gasteiger partial charge in [-0.15, -0.1) is 0 Å². The number of primary amides is 1. The molecule has 2 N–H and O–H groups in total. The number of aromatic nitrogens is 2. The monoisotopic (exact) mass is 395 g/mol. The van der Waals surface area contributed by atoms with E-state index < -0.39 is 5.91 Å². The highest BCUT2D eigenvalue weighted by molar-refractivity contribution is 7.98. The zero-order chi connectivity index (χ0) is 19.5. The van der Waals surface area contributed by atoms with E-state index in [0.717, 1.165) is 25.0 Å². The number of ether oxygens (including phenoxy) is 1. The van der Waals surface area contributed by atoms with Crippen LogP contribution < -0.4 is 11.3 Å². The van der Waals surface area contributed by atoms with Crippen LogP contribution in [0.25, 0.3) is 10.9 Å². The molecule has 0 saturated carbocycles. The molecular formula is C21H21N3O3S. The maximum atomic E-state index is 13.1. The molecule has 144 valence electrons. The van der Waals surface area contributed by atoms with Crippen molar-refractivity contribution < 1.29 is 9.53 Å². The fourth-order valence-corrected chi connectivity index (χ4v) is 4.32. The minimum atomic E-state index is -0.453. The molecule has 1 atom stereocenters. The molecule has 4 rings (SSSR count). The smallest absolute Gasteiger partial charge is 0.262 e. The van der Waals surface area contributed by atoms with Crippen LogP contribution in [-0.2, 0) is 17.0 Å². The Hall–Kier alpha value is -2.64. The van der Waals surface area contributed by atoms with Gasteiger partial charge in [-0.25, -0.2) is 4.98 Å². The van der Waals surface area contributed by atoms with Crippen LogP contribution in [-0.4, -0.2) is 28.2 Å². The van der Waals surface area contributed by atoms with Crippen molar-refractivity contribution in [1.29, 1.82) is 0 Å². The zero-order valence-electron chi connectivity index (χ0n) is 15.3. The van der Waals surface area contributed by atoms with Gasteiger partial charge in [0.05, 0.1) is 23.6 Å². The molecule has 0 radical (unpaired) electrons. The summed E-state index contributed by atoms with van der Waals surface area (Å²) in [6.07, 6.45) is 2.01. The van der Waals surface area contributed by atoms with Gasteiger partial charge < -0.3 is 10.5 Å². The number of fused-ring (bicyclic) bond motifs is 1. The van der Waals surface area contributed by atoms with E-state index in [1.165, 1.54) is 11.8 Å². The van der Waals surface area contributed by atoms with E-state index in [1.54, 1.807) is 22.8 Å². The second-order valence-electron chi connectivity index (χ2n) is 6.82. The highest BCUT2D eigenvalue weighted by Gasteiger charge is 2.20. The van der Waals surface area contributed by atoms with E-state index in [0.29, 0.717) is 33.9 Å². The Bertz CT molecular complexity index is 1070. The maximum Gasteiger partial charge on any atom is 0.262 e. The Labute approximate surface area is 166 Å². The van der Waals surface area contributed by atoms with Gasteiger partial charge in [-0.1, -0.05) is 36.0 Å². The van der Waals surface area contributed by atoms with Crippen molar-refractivity contribution in [3.63, 3.8) is 0 Å². The largest absolute Gasteiger partial charge is 0.376 e. The Morgan fingerprint density at radius 1 is 1.25 bits per heavy atom. The van der Waals surface area contributed by atoms with Gasteiger partial charge >= 0.3 is 0 Å². The first-order valence-electron chi connectivity index (χ1n) is 9.24. The van der Waals surface area contributed by atoms with Gasteiger partial charge in [0.25, 0.3) is 5.56 Å². The molecule has 28 heavy (non-hydrogen) atoms. The number of nitrogens with zero attached hydrogens (tertiary/aromatic N) is 2. The predicted molar refractivity (Wildman–Crippen MR) is 109 cm³/mol. The average molecular weight is 395 g/mol. The first-order valence-corrected chi connectivity index (χ1v) is 10.2. The van der Waals surface area contributed by atoms with Gasteiger partial charge in [-0.2, -0.15) is 0 Å². The SMILES string of the molecule is NC(=O)c1cccc(CSc2nc3ccccc3c(=O)n2C[C@@H]2CCCO2)c1. The number of carbonyl (C=O) groups is 1. The predicted octanol–water partition coefficient (Wildman–Crippen LogP) is 2.97. The summed E-state index contributed by atoms with van der Waals surface area (Å²) in [6.45, 7) is 1.24. The number of benzene rings is 2. The average Bonchev–Trinajstić information content (AvgIpc) is 3.22. The molecule has 3 aromatic rings. The summed E-state index contributed by atoms with van der Waals surface area (Å²) in [5, 5.41) is 1.27. The molecule has 2 aromatic carbocycles. The van der Waals surface area contributed by atoms with Crippen molar-refractivity contribution >= 4 is 28.6 Å². The van der Waals surface area contributed by atoms with E-state index in [4.69, 9.17) is 15.5 Å². The molecule has 1 saturated heterocycles. The lowest BCUT2D eigenvalue weighted by Crippen LogP contribution is -2.28. The molecule has 0 unspecified atom stereocenters. The van der Waals surface area contributed by atoms with Gasteiger partial charge in [-0.3, -0.25) is 14.2 Å². The fourth-order valence-electron chi connectivity index (χ4n) is 3.37. The van der Waals surface area contributed by atoms with Crippen LogP contribution in [0.5, 0.6) is 0 Å². The number of amides is 1. The summed E-state index contributed by atoms with van der Waals surface area (Å²) >= 11 is 1.48. The Balaban J connectivity index is 1.67. The second kappa shape index (κ2) is 8.16. The molecule has 7 heteroatoms. The topological polar surface area (TPSA) is 87.2 Å². The van der Waals surface area contributed by atoms with Crippen LogP contribution in [0.4, 0.5) is 0 Å². The number of thioether (sulfide) groups is 1. The molecule has 0 aliphatic carbocycles. The van der Waals surface area contributed by atoms with E-state index in [-0.39, 0.29) is 11.7 Å². The summed E-state index contributed by atoms with van der Waals surface area (Å²) in [6, 6.07) is 14.6. The first-order chi connectivity index (χ1) is 13.6. The van der Waals surface area contributed by atoms with Crippen molar-refractivity contribution in [3.05, 3.63) is 70.0 Å². The molecule has 1 aromatic heterocycles. The second-order valence-corrected chi connectivity index (χ2v) is 7.76. The molecular weight excluding hydrogens is 374 g/mol. The first kappa shape index (κ1) is 18.7. The lowest BCUT2D eigenvalue weighted by atomic mass is 10.1. The van der Waals surface area contributed by atoms with Crippen LogP contribution in [0.1, 0.15) is 28.8 Å². The van der Waals surface area contributed by atoms with Crippen LogP contribution in [0.3, 0.4) is 0 Å². The quantitative estimate of drug-likeness (QED) is 0.512. The number of hydrogen-bond acceptors (Lipinski definition) is 5. The Kier molecular flexibility index (Phi) is 5.45. The summed E-state index contributed by atoms with van der Waals surface area (Å²) in [5.74, 6) is 0.128. The molecule has 1 amide bonds. The zero-order valence-corrected chi connectivity index (χ0v) is 16.2. The summed E-state index contributed by atoms with van der Waals surface area (Å²) in [7, 11) is 0. The van der Waals surface area contributed by atoms with Crippen LogP contribution >= 0.6 is 11.8 Å². The molecule has 1 fully saturated rings.